The first-order chi connectivity index (χ1) is 13.6. The second-order valence-corrected chi connectivity index (χ2v) is 7.35. The van der Waals surface area contributed by atoms with Crippen molar-refractivity contribution in [2.45, 2.75) is 32.5 Å². The summed E-state index contributed by atoms with van der Waals surface area (Å²) in [6.45, 7) is 4.77. The molecule has 2 N–H and O–H groups in total. The molecule has 0 amide bonds. The number of nitrogens with one attached hydrogen (secondary N) is 2. The summed E-state index contributed by atoms with van der Waals surface area (Å²) in [7, 11) is 0. The Morgan fingerprint density at radius 2 is 1.39 bits per heavy atom. The van der Waals surface area contributed by atoms with Gasteiger partial charge in [0.25, 0.3) is 0 Å². The molecule has 28 heavy (non-hydrogen) atoms. The molecule has 4 heteroatoms. The van der Waals surface area contributed by atoms with Gasteiger partial charge in [-0.15, -0.1) is 0 Å². The number of hydrogen-bond acceptors (Lipinski definition) is 3. The fourth-order valence-electron chi connectivity index (χ4n) is 3.43. The van der Waals surface area contributed by atoms with Crippen LogP contribution < -0.4 is 10.6 Å². The predicted molar refractivity (Wildman–Crippen MR) is 112 cm³/mol. The summed E-state index contributed by atoms with van der Waals surface area (Å²) in [5.41, 5.74) is 5.88. The SMILES string of the molecule is Cc1ccc([C@H]2NC(NCc3ccc(F)cc3)=N[C@H]2c2ccc(C)cc2)cc1. The van der Waals surface area contributed by atoms with Crippen LogP contribution in [0.2, 0.25) is 0 Å². The number of hydrogen-bond donors (Lipinski definition) is 2. The molecule has 0 bridgehead atoms. The molecule has 1 heterocycles. The fourth-order valence-corrected chi connectivity index (χ4v) is 3.43. The topological polar surface area (TPSA) is 36.4 Å². The molecule has 0 saturated carbocycles. The third kappa shape index (κ3) is 4.06. The maximum absolute atomic E-state index is 13.1. The van der Waals surface area contributed by atoms with Crippen LogP contribution in [0.25, 0.3) is 0 Å². The number of halogens is 1. The van der Waals surface area contributed by atoms with Crippen molar-refractivity contribution in [1.29, 1.82) is 0 Å². The van der Waals surface area contributed by atoms with Crippen LogP contribution >= 0.6 is 0 Å². The van der Waals surface area contributed by atoms with Gasteiger partial charge in [-0.1, -0.05) is 71.8 Å². The molecule has 3 nitrogen and oxygen atoms in total. The normalized spacial score (nSPS) is 18.5. The fraction of sp³-hybridized carbons (Fsp3) is 0.208. The van der Waals surface area contributed by atoms with Crippen LogP contribution in [-0.2, 0) is 6.54 Å². The first-order valence-corrected chi connectivity index (χ1v) is 9.54. The van der Waals surface area contributed by atoms with Crippen molar-refractivity contribution in [2.24, 2.45) is 4.99 Å². The Hall–Kier alpha value is -3.14. The first-order valence-electron chi connectivity index (χ1n) is 9.54. The van der Waals surface area contributed by atoms with Crippen LogP contribution in [0.15, 0.2) is 77.8 Å². The van der Waals surface area contributed by atoms with Crippen molar-refractivity contribution in [3.05, 3.63) is 106 Å². The number of benzene rings is 3. The van der Waals surface area contributed by atoms with Gasteiger partial charge in [0.2, 0.25) is 0 Å². The van der Waals surface area contributed by atoms with Crippen LogP contribution in [0.1, 0.15) is 39.9 Å². The Balaban J connectivity index is 1.57. The van der Waals surface area contributed by atoms with Crippen LogP contribution in [0.5, 0.6) is 0 Å². The third-order valence-corrected chi connectivity index (χ3v) is 5.10. The summed E-state index contributed by atoms with van der Waals surface area (Å²) in [6, 6.07) is 23.7. The zero-order valence-corrected chi connectivity index (χ0v) is 16.1. The third-order valence-electron chi connectivity index (χ3n) is 5.10. The van der Waals surface area contributed by atoms with E-state index in [2.05, 4.69) is 73.0 Å². The number of aliphatic imine (C=N–C) groups is 1. The van der Waals surface area contributed by atoms with Gasteiger partial charge in [0.15, 0.2) is 5.96 Å². The molecule has 1 aliphatic rings. The highest BCUT2D eigenvalue weighted by molar-refractivity contribution is 5.82. The zero-order chi connectivity index (χ0) is 19.5. The molecule has 0 aromatic heterocycles. The van der Waals surface area contributed by atoms with Crippen molar-refractivity contribution < 1.29 is 4.39 Å². The molecule has 0 saturated heterocycles. The van der Waals surface area contributed by atoms with Gasteiger partial charge in [-0.2, -0.15) is 0 Å². The molecule has 3 aromatic rings. The standard InChI is InChI=1S/C24H24FN3/c1-16-3-9-19(10-4-16)22-23(20-11-5-17(2)6-12-20)28-24(27-22)26-15-18-7-13-21(25)14-8-18/h3-14,22-23H,15H2,1-2H3,(H2,26,27,28)/t22-,23+. The first kappa shape index (κ1) is 18.2. The van der Waals surface area contributed by atoms with E-state index in [-0.39, 0.29) is 17.9 Å². The van der Waals surface area contributed by atoms with Gasteiger partial charge < -0.3 is 10.6 Å². The van der Waals surface area contributed by atoms with Gasteiger partial charge in [0.1, 0.15) is 11.9 Å². The minimum absolute atomic E-state index is 0.000904. The molecule has 1 aliphatic heterocycles. The molecule has 2 atom stereocenters. The molecular formula is C24H24FN3. The van der Waals surface area contributed by atoms with E-state index in [1.807, 2.05) is 0 Å². The summed E-state index contributed by atoms with van der Waals surface area (Å²) >= 11 is 0. The molecular weight excluding hydrogens is 349 g/mol. The molecule has 0 fully saturated rings. The molecule has 3 aromatic carbocycles. The summed E-state index contributed by atoms with van der Waals surface area (Å²) < 4.78 is 13.1. The number of guanidine groups is 1. The summed E-state index contributed by atoms with van der Waals surface area (Å²) in [5, 5.41) is 6.89. The van der Waals surface area contributed by atoms with Crippen molar-refractivity contribution >= 4 is 5.96 Å². The largest absolute Gasteiger partial charge is 0.352 e. The van der Waals surface area contributed by atoms with E-state index in [9.17, 15) is 4.39 Å². The predicted octanol–water partition coefficient (Wildman–Crippen LogP) is 4.97. The molecule has 0 unspecified atom stereocenters. The Bertz CT molecular complexity index is 960. The Kier molecular flexibility index (Phi) is 5.11. The lowest BCUT2D eigenvalue weighted by molar-refractivity contribution is 0.570. The van der Waals surface area contributed by atoms with E-state index in [1.54, 1.807) is 12.1 Å². The summed E-state index contributed by atoms with van der Waals surface area (Å²) in [4.78, 5) is 4.92. The van der Waals surface area contributed by atoms with E-state index in [4.69, 9.17) is 4.99 Å². The van der Waals surface area contributed by atoms with Crippen molar-refractivity contribution in [3.8, 4) is 0 Å². The Morgan fingerprint density at radius 3 is 2.00 bits per heavy atom. The van der Waals surface area contributed by atoms with Gasteiger partial charge in [0, 0.05) is 6.54 Å². The van der Waals surface area contributed by atoms with Gasteiger partial charge in [-0.25, -0.2) is 9.38 Å². The lowest BCUT2D eigenvalue weighted by Crippen LogP contribution is -2.35. The quantitative estimate of drug-likeness (QED) is 0.677. The Morgan fingerprint density at radius 1 is 0.821 bits per heavy atom. The highest BCUT2D eigenvalue weighted by Gasteiger charge is 2.31. The maximum Gasteiger partial charge on any atom is 0.192 e. The van der Waals surface area contributed by atoms with E-state index < -0.39 is 0 Å². The van der Waals surface area contributed by atoms with Crippen LogP contribution in [-0.4, -0.2) is 5.96 Å². The maximum atomic E-state index is 13.1. The van der Waals surface area contributed by atoms with Crippen molar-refractivity contribution in [1.82, 2.24) is 10.6 Å². The minimum atomic E-state index is -0.223. The average Bonchev–Trinajstić information content (AvgIpc) is 3.13. The molecule has 0 spiro atoms. The lowest BCUT2D eigenvalue weighted by Gasteiger charge is -2.20. The monoisotopic (exact) mass is 373 g/mol. The van der Waals surface area contributed by atoms with E-state index in [0.29, 0.717) is 6.54 Å². The second-order valence-electron chi connectivity index (χ2n) is 7.35. The van der Waals surface area contributed by atoms with Gasteiger partial charge in [-0.05, 0) is 42.7 Å². The second kappa shape index (κ2) is 7.85. The summed E-state index contributed by atoms with van der Waals surface area (Å²) in [6.07, 6.45) is 0. The Labute approximate surface area is 165 Å². The summed E-state index contributed by atoms with van der Waals surface area (Å²) in [5.74, 6) is 0.541. The molecule has 0 radical (unpaired) electrons. The van der Waals surface area contributed by atoms with E-state index >= 15 is 0 Å². The molecule has 0 aliphatic carbocycles. The van der Waals surface area contributed by atoms with Gasteiger partial charge in [-0.3, -0.25) is 0 Å². The highest BCUT2D eigenvalue weighted by Crippen LogP contribution is 2.36. The van der Waals surface area contributed by atoms with E-state index in [0.717, 1.165) is 11.5 Å². The minimum Gasteiger partial charge on any atom is -0.352 e. The average molecular weight is 373 g/mol. The van der Waals surface area contributed by atoms with Crippen LogP contribution in [0.3, 0.4) is 0 Å². The highest BCUT2D eigenvalue weighted by atomic mass is 19.1. The van der Waals surface area contributed by atoms with Crippen molar-refractivity contribution in [3.63, 3.8) is 0 Å². The number of nitrogens with zero attached hydrogens (tertiary/aromatic N) is 1. The van der Waals surface area contributed by atoms with Gasteiger partial charge >= 0.3 is 0 Å². The van der Waals surface area contributed by atoms with Crippen molar-refractivity contribution in [2.75, 3.05) is 0 Å². The van der Waals surface area contributed by atoms with E-state index in [1.165, 1.54) is 34.4 Å². The smallest absolute Gasteiger partial charge is 0.192 e. The van der Waals surface area contributed by atoms with Crippen LogP contribution in [0, 0.1) is 19.7 Å². The number of aryl methyl sites for hydroxylation is 2. The molecule has 142 valence electrons. The lowest BCUT2D eigenvalue weighted by atomic mass is 9.94. The molecule has 4 rings (SSSR count). The zero-order valence-electron chi connectivity index (χ0n) is 16.1. The number of rotatable bonds is 4. The van der Waals surface area contributed by atoms with Crippen LogP contribution in [0.4, 0.5) is 4.39 Å². The van der Waals surface area contributed by atoms with Gasteiger partial charge in [0.05, 0.1) is 6.04 Å².